The van der Waals surface area contributed by atoms with Crippen molar-refractivity contribution in [1.82, 2.24) is 0 Å². The average Bonchev–Trinajstić information content (AvgIpc) is 2.88. The fourth-order valence-electron chi connectivity index (χ4n) is 4.15. The van der Waals surface area contributed by atoms with Gasteiger partial charge in [-0.25, -0.2) is 0 Å². The average molecular weight is 494 g/mol. The molecule has 1 fully saturated rings. The number of rotatable bonds is 8. The van der Waals surface area contributed by atoms with E-state index < -0.39 is 6.29 Å². The van der Waals surface area contributed by atoms with Crippen LogP contribution in [0.15, 0.2) is 77.7 Å². The van der Waals surface area contributed by atoms with Crippen molar-refractivity contribution in [2.24, 2.45) is 5.92 Å². The molecule has 0 spiro atoms. The van der Waals surface area contributed by atoms with Gasteiger partial charge in [-0.1, -0.05) is 55.5 Å². The Morgan fingerprint density at radius 2 is 1.69 bits per heavy atom. The summed E-state index contributed by atoms with van der Waals surface area (Å²) in [5.41, 5.74) is 3.52. The molecule has 4 atom stereocenters. The van der Waals surface area contributed by atoms with Crippen LogP contribution < -0.4 is 10.1 Å². The predicted molar refractivity (Wildman–Crippen MR) is 137 cm³/mol. The quantitative estimate of drug-likeness (QED) is 0.390. The molecule has 4 rings (SSSR count). The van der Waals surface area contributed by atoms with E-state index in [0.29, 0.717) is 0 Å². The summed E-state index contributed by atoms with van der Waals surface area (Å²) in [5, 5.41) is 12.2. The van der Waals surface area contributed by atoms with Crippen LogP contribution in [0.3, 0.4) is 0 Å². The van der Waals surface area contributed by atoms with Crippen molar-refractivity contribution in [2.75, 3.05) is 18.2 Å². The Hall–Kier alpha value is -2.84. The Balaban J connectivity index is 1.58. The maximum Gasteiger partial charge on any atom is 0.221 e. The number of amides is 1. The van der Waals surface area contributed by atoms with E-state index in [0.717, 1.165) is 38.8 Å². The molecule has 1 amide bonds. The number of carbonyl (C=O) groups excluding carboxylic acids is 1. The van der Waals surface area contributed by atoms with Crippen molar-refractivity contribution < 1.29 is 24.1 Å². The molecule has 1 aliphatic heterocycles. The highest BCUT2D eigenvalue weighted by Gasteiger charge is 2.38. The second-order valence-electron chi connectivity index (χ2n) is 8.59. The topological polar surface area (TPSA) is 77.0 Å². The predicted octanol–water partition coefficient (Wildman–Crippen LogP) is 5.73. The van der Waals surface area contributed by atoms with Gasteiger partial charge >= 0.3 is 0 Å². The molecule has 3 aromatic rings. The van der Waals surface area contributed by atoms with Crippen molar-refractivity contribution in [3.8, 4) is 5.75 Å². The van der Waals surface area contributed by atoms with Gasteiger partial charge in [0, 0.05) is 34.7 Å². The second-order valence-corrected chi connectivity index (χ2v) is 9.65. The maximum atomic E-state index is 11.4. The third-order valence-corrected chi connectivity index (χ3v) is 7.24. The van der Waals surface area contributed by atoms with Gasteiger partial charge in [0.2, 0.25) is 5.91 Å². The molecule has 35 heavy (non-hydrogen) atoms. The number of hydrogen-bond acceptors (Lipinski definition) is 6. The molecule has 7 heteroatoms. The zero-order chi connectivity index (χ0) is 24.8. The highest BCUT2D eigenvalue weighted by Crippen LogP contribution is 2.43. The highest BCUT2D eigenvalue weighted by atomic mass is 32.2. The molecule has 0 aromatic heterocycles. The van der Waals surface area contributed by atoms with E-state index in [9.17, 15) is 9.90 Å². The first-order chi connectivity index (χ1) is 17.0. The number of nitrogens with one attached hydrogen (secondary N) is 1. The molecule has 0 radical (unpaired) electrons. The molecular weight excluding hydrogens is 462 g/mol. The summed E-state index contributed by atoms with van der Waals surface area (Å²) < 4.78 is 18.5. The Morgan fingerprint density at radius 1 is 1.00 bits per heavy atom. The third-order valence-electron chi connectivity index (χ3n) is 6.10. The number of para-hydroxylation sites is 1. The molecule has 0 saturated carbocycles. The standard InChI is InChI=1S/C28H31NO5S/c1-18-25(17-35-26-7-5-4-6-24(26)32-3)33-28(22-12-14-23(15-13-22)29-19(2)31)34-27(18)21-10-8-20(16-30)9-11-21/h4-15,18,25,27-28,30H,16-17H2,1-3H3,(H,29,31). The first-order valence-electron chi connectivity index (χ1n) is 11.6. The van der Waals surface area contributed by atoms with Gasteiger partial charge in [-0.15, -0.1) is 11.8 Å². The maximum absolute atomic E-state index is 11.4. The van der Waals surface area contributed by atoms with Crippen molar-refractivity contribution in [3.05, 3.63) is 89.5 Å². The Morgan fingerprint density at radius 3 is 2.34 bits per heavy atom. The first-order valence-corrected chi connectivity index (χ1v) is 12.6. The molecule has 1 saturated heterocycles. The SMILES string of the molecule is COc1ccccc1SCC1OC(c2ccc(NC(C)=O)cc2)OC(c2ccc(CO)cc2)C1C. The summed E-state index contributed by atoms with van der Waals surface area (Å²) in [4.78, 5) is 12.4. The Bertz CT molecular complexity index is 1120. The number of carbonyl (C=O) groups is 1. The fraction of sp³-hybridized carbons (Fsp3) is 0.321. The van der Waals surface area contributed by atoms with E-state index >= 15 is 0 Å². The van der Waals surface area contributed by atoms with Gasteiger partial charge in [0.1, 0.15) is 5.75 Å². The van der Waals surface area contributed by atoms with Crippen LogP contribution in [0.4, 0.5) is 5.69 Å². The summed E-state index contributed by atoms with van der Waals surface area (Å²) in [5.74, 6) is 1.55. The van der Waals surface area contributed by atoms with Gasteiger partial charge in [0.25, 0.3) is 0 Å². The minimum absolute atomic E-state index is 0.00587. The molecule has 4 unspecified atom stereocenters. The lowest BCUT2D eigenvalue weighted by atomic mass is 9.91. The minimum Gasteiger partial charge on any atom is -0.496 e. The summed E-state index contributed by atoms with van der Waals surface area (Å²) in [6.07, 6.45) is -0.815. The Labute approximate surface area is 210 Å². The van der Waals surface area contributed by atoms with Gasteiger partial charge in [0.15, 0.2) is 6.29 Å². The minimum atomic E-state index is -0.552. The lowest BCUT2D eigenvalue weighted by molar-refractivity contribution is -0.268. The zero-order valence-corrected chi connectivity index (χ0v) is 21.0. The molecule has 1 heterocycles. The van der Waals surface area contributed by atoms with Crippen LogP contribution in [-0.4, -0.2) is 30.0 Å². The van der Waals surface area contributed by atoms with E-state index in [1.807, 2.05) is 66.7 Å². The monoisotopic (exact) mass is 493 g/mol. The normalized spacial score (nSPS) is 21.9. The second kappa shape index (κ2) is 11.7. The molecule has 3 aromatic carbocycles. The molecule has 1 aliphatic rings. The number of aliphatic hydroxyl groups is 1. The van der Waals surface area contributed by atoms with Gasteiger partial charge in [-0.3, -0.25) is 4.79 Å². The largest absolute Gasteiger partial charge is 0.496 e. The molecular formula is C28H31NO5S. The van der Waals surface area contributed by atoms with Gasteiger partial charge in [0.05, 0.1) is 25.9 Å². The highest BCUT2D eigenvalue weighted by molar-refractivity contribution is 7.99. The number of methoxy groups -OCH3 is 1. The van der Waals surface area contributed by atoms with Gasteiger partial charge in [-0.05, 0) is 35.4 Å². The molecule has 184 valence electrons. The summed E-state index contributed by atoms with van der Waals surface area (Å²) in [7, 11) is 1.68. The van der Waals surface area contributed by atoms with Crippen molar-refractivity contribution in [3.63, 3.8) is 0 Å². The number of anilines is 1. The smallest absolute Gasteiger partial charge is 0.221 e. The number of thioether (sulfide) groups is 1. The Kier molecular flexibility index (Phi) is 8.46. The van der Waals surface area contributed by atoms with E-state index in [1.54, 1.807) is 18.9 Å². The van der Waals surface area contributed by atoms with E-state index in [4.69, 9.17) is 14.2 Å². The van der Waals surface area contributed by atoms with Crippen LogP contribution in [0.1, 0.15) is 42.9 Å². The lowest BCUT2D eigenvalue weighted by Crippen LogP contribution is -2.38. The number of benzene rings is 3. The first kappa shape index (κ1) is 25.3. The van der Waals surface area contributed by atoms with Gasteiger partial charge in [-0.2, -0.15) is 0 Å². The number of aliphatic hydroxyl groups excluding tert-OH is 1. The van der Waals surface area contributed by atoms with Crippen LogP contribution in [0.25, 0.3) is 0 Å². The van der Waals surface area contributed by atoms with Crippen molar-refractivity contribution in [1.29, 1.82) is 0 Å². The molecule has 2 N–H and O–H groups in total. The van der Waals surface area contributed by atoms with E-state index in [1.165, 1.54) is 6.92 Å². The summed E-state index contributed by atoms with van der Waals surface area (Å²) >= 11 is 1.71. The summed E-state index contributed by atoms with van der Waals surface area (Å²) in [6, 6.07) is 23.4. The summed E-state index contributed by atoms with van der Waals surface area (Å²) in [6.45, 7) is 3.64. The van der Waals surface area contributed by atoms with Crippen LogP contribution in [0, 0.1) is 5.92 Å². The zero-order valence-electron chi connectivity index (χ0n) is 20.1. The fourth-order valence-corrected chi connectivity index (χ4v) is 5.34. The van der Waals surface area contributed by atoms with Gasteiger partial charge < -0.3 is 24.6 Å². The number of hydrogen-bond donors (Lipinski definition) is 2. The lowest BCUT2D eigenvalue weighted by Gasteiger charge is -2.41. The van der Waals surface area contributed by atoms with Crippen LogP contribution in [-0.2, 0) is 20.9 Å². The molecule has 0 aliphatic carbocycles. The van der Waals surface area contributed by atoms with Crippen molar-refractivity contribution in [2.45, 2.75) is 43.8 Å². The number of ether oxygens (including phenoxy) is 3. The van der Waals surface area contributed by atoms with E-state index in [2.05, 4.69) is 18.3 Å². The molecule has 6 nitrogen and oxygen atoms in total. The van der Waals surface area contributed by atoms with Crippen molar-refractivity contribution >= 4 is 23.4 Å². The van der Waals surface area contributed by atoms with Crippen LogP contribution >= 0.6 is 11.8 Å². The van der Waals surface area contributed by atoms with Crippen LogP contribution in [0.2, 0.25) is 0 Å². The third kappa shape index (κ3) is 6.24. The molecule has 0 bridgehead atoms. The van der Waals surface area contributed by atoms with E-state index in [-0.39, 0.29) is 30.6 Å². The van der Waals surface area contributed by atoms with Crippen LogP contribution in [0.5, 0.6) is 5.75 Å².